The number of fused-ring (bicyclic) bond motifs is 1. The summed E-state index contributed by atoms with van der Waals surface area (Å²) in [7, 11) is 0. The summed E-state index contributed by atoms with van der Waals surface area (Å²) in [6.45, 7) is 2.20. The Labute approximate surface area is 122 Å². The van der Waals surface area contributed by atoms with Gasteiger partial charge in [0, 0.05) is 12.4 Å². The molecule has 0 spiro atoms. The van der Waals surface area contributed by atoms with Gasteiger partial charge in [-0.05, 0) is 50.0 Å². The predicted molar refractivity (Wildman–Crippen MR) is 78.7 cm³/mol. The lowest BCUT2D eigenvalue weighted by Crippen LogP contribution is -2.11. The minimum absolute atomic E-state index is 0.676. The summed E-state index contributed by atoms with van der Waals surface area (Å²) < 4.78 is 1.92. The molecule has 3 aromatic heterocycles. The first kappa shape index (κ1) is 12.4. The van der Waals surface area contributed by atoms with E-state index in [1.807, 2.05) is 22.7 Å². The van der Waals surface area contributed by atoms with Crippen molar-refractivity contribution in [3.63, 3.8) is 0 Å². The number of hydrogen-bond donors (Lipinski definition) is 1. The van der Waals surface area contributed by atoms with Crippen LogP contribution in [0.1, 0.15) is 12.1 Å². The van der Waals surface area contributed by atoms with Crippen LogP contribution in [0, 0.1) is 5.92 Å². The van der Waals surface area contributed by atoms with E-state index < -0.39 is 0 Å². The van der Waals surface area contributed by atoms with Gasteiger partial charge in [0.2, 0.25) is 5.78 Å². The van der Waals surface area contributed by atoms with Crippen molar-refractivity contribution in [2.24, 2.45) is 5.92 Å². The van der Waals surface area contributed by atoms with E-state index in [4.69, 9.17) is 0 Å². The summed E-state index contributed by atoms with van der Waals surface area (Å²) in [6.07, 6.45) is 7.67. The quantitative estimate of drug-likeness (QED) is 0.784. The van der Waals surface area contributed by atoms with E-state index in [-0.39, 0.29) is 0 Å². The Hall–Kier alpha value is -2.34. The van der Waals surface area contributed by atoms with Crippen molar-refractivity contribution in [2.45, 2.75) is 12.8 Å². The number of nitrogens with zero attached hydrogens (tertiary/aromatic N) is 5. The Bertz CT molecular complexity index is 742. The van der Waals surface area contributed by atoms with Crippen molar-refractivity contribution >= 4 is 5.78 Å². The highest BCUT2D eigenvalue weighted by atomic mass is 15.1. The van der Waals surface area contributed by atoms with Crippen molar-refractivity contribution in [2.75, 3.05) is 13.1 Å². The number of nitrogens with one attached hydrogen (secondary N) is 1. The third-order valence-electron chi connectivity index (χ3n) is 3.93. The lowest BCUT2D eigenvalue weighted by atomic mass is 10.0. The third-order valence-corrected chi connectivity index (χ3v) is 3.93. The summed E-state index contributed by atoms with van der Waals surface area (Å²) in [5.41, 5.74) is 2.79. The molecular weight excluding hydrogens is 264 g/mol. The first-order valence-corrected chi connectivity index (χ1v) is 7.22. The first-order valence-electron chi connectivity index (χ1n) is 7.22. The second-order valence-corrected chi connectivity index (χ2v) is 5.41. The molecule has 0 aromatic carbocycles. The fourth-order valence-electron chi connectivity index (χ4n) is 2.81. The Kier molecular flexibility index (Phi) is 3.08. The van der Waals surface area contributed by atoms with E-state index in [2.05, 4.69) is 31.5 Å². The maximum absolute atomic E-state index is 4.37. The largest absolute Gasteiger partial charge is 0.316 e. The second-order valence-electron chi connectivity index (χ2n) is 5.41. The Morgan fingerprint density at radius 1 is 1.24 bits per heavy atom. The predicted octanol–water partition coefficient (Wildman–Crippen LogP) is 1.34. The number of rotatable bonds is 3. The smallest absolute Gasteiger partial charge is 0.234 e. The van der Waals surface area contributed by atoms with E-state index in [0.717, 1.165) is 36.6 Å². The minimum atomic E-state index is 0.676. The highest BCUT2D eigenvalue weighted by Crippen LogP contribution is 2.18. The van der Waals surface area contributed by atoms with E-state index in [0.29, 0.717) is 11.7 Å². The zero-order valence-electron chi connectivity index (χ0n) is 11.6. The van der Waals surface area contributed by atoms with Crippen molar-refractivity contribution in [3.8, 4) is 11.4 Å². The van der Waals surface area contributed by atoms with Gasteiger partial charge in [-0.25, -0.2) is 9.97 Å². The SMILES string of the molecule is c1cnc2ncc(-c3ccc(C[C@@H]4CCNC4)nn3)n2c1. The highest BCUT2D eigenvalue weighted by molar-refractivity contribution is 5.57. The van der Waals surface area contributed by atoms with Gasteiger partial charge in [0.05, 0.1) is 17.6 Å². The van der Waals surface area contributed by atoms with Crippen LogP contribution in [0.5, 0.6) is 0 Å². The van der Waals surface area contributed by atoms with Crippen molar-refractivity contribution in [3.05, 3.63) is 42.5 Å². The molecule has 6 nitrogen and oxygen atoms in total. The molecular formula is C15H16N6. The topological polar surface area (TPSA) is 68.0 Å². The summed E-state index contributed by atoms with van der Waals surface area (Å²) in [5.74, 6) is 1.36. The zero-order valence-corrected chi connectivity index (χ0v) is 11.6. The normalized spacial score (nSPS) is 18.4. The molecule has 0 bridgehead atoms. The van der Waals surface area contributed by atoms with Gasteiger partial charge in [-0.1, -0.05) is 0 Å². The maximum Gasteiger partial charge on any atom is 0.234 e. The van der Waals surface area contributed by atoms with Crippen LogP contribution in [0.3, 0.4) is 0 Å². The first-order chi connectivity index (χ1) is 10.4. The fourth-order valence-corrected chi connectivity index (χ4v) is 2.81. The molecule has 1 N–H and O–H groups in total. The van der Waals surface area contributed by atoms with Crippen LogP contribution >= 0.6 is 0 Å². The van der Waals surface area contributed by atoms with Crippen LogP contribution in [-0.4, -0.2) is 37.7 Å². The summed E-state index contributed by atoms with van der Waals surface area (Å²) >= 11 is 0. The standard InChI is InChI=1S/C15H16N6/c1-5-17-15-18-10-14(21(15)7-1)13-3-2-12(19-20-13)8-11-4-6-16-9-11/h1-3,5,7,10-11,16H,4,6,8-9H2/t11-/m0/s1. The molecule has 0 amide bonds. The molecule has 21 heavy (non-hydrogen) atoms. The van der Waals surface area contributed by atoms with E-state index in [1.54, 1.807) is 12.4 Å². The molecule has 0 aliphatic carbocycles. The van der Waals surface area contributed by atoms with Gasteiger partial charge >= 0.3 is 0 Å². The average molecular weight is 280 g/mol. The van der Waals surface area contributed by atoms with Gasteiger partial charge in [0.25, 0.3) is 0 Å². The van der Waals surface area contributed by atoms with Gasteiger partial charge in [-0.15, -0.1) is 5.10 Å². The van der Waals surface area contributed by atoms with Crippen LogP contribution in [0.15, 0.2) is 36.8 Å². The monoisotopic (exact) mass is 280 g/mol. The van der Waals surface area contributed by atoms with Gasteiger partial charge < -0.3 is 5.32 Å². The van der Waals surface area contributed by atoms with E-state index >= 15 is 0 Å². The number of imidazole rings is 1. The van der Waals surface area contributed by atoms with Crippen LogP contribution in [0.25, 0.3) is 17.2 Å². The Balaban J connectivity index is 1.61. The van der Waals surface area contributed by atoms with Crippen molar-refractivity contribution in [1.29, 1.82) is 0 Å². The molecule has 106 valence electrons. The molecule has 1 saturated heterocycles. The molecule has 0 saturated carbocycles. The van der Waals surface area contributed by atoms with Crippen molar-refractivity contribution in [1.82, 2.24) is 29.9 Å². The van der Waals surface area contributed by atoms with Gasteiger partial charge in [0.1, 0.15) is 5.69 Å². The maximum atomic E-state index is 4.37. The molecule has 1 aliphatic rings. The lowest BCUT2D eigenvalue weighted by Gasteiger charge is -2.07. The molecule has 4 heterocycles. The average Bonchev–Trinajstić information content (AvgIpc) is 3.17. The molecule has 0 radical (unpaired) electrons. The van der Waals surface area contributed by atoms with E-state index in [1.165, 1.54) is 6.42 Å². The Morgan fingerprint density at radius 3 is 3.05 bits per heavy atom. The summed E-state index contributed by atoms with van der Waals surface area (Å²) in [5, 5.41) is 12.1. The van der Waals surface area contributed by atoms with Crippen molar-refractivity contribution < 1.29 is 0 Å². The van der Waals surface area contributed by atoms with E-state index in [9.17, 15) is 0 Å². The third kappa shape index (κ3) is 2.38. The van der Waals surface area contributed by atoms with Crippen LogP contribution in [-0.2, 0) is 6.42 Å². The molecule has 1 atom stereocenters. The molecule has 0 unspecified atom stereocenters. The molecule has 6 heteroatoms. The molecule has 1 fully saturated rings. The fraction of sp³-hybridized carbons (Fsp3) is 0.333. The zero-order chi connectivity index (χ0) is 14.1. The summed E-state index contributed by atoms with van der Waals surface area (Å²) in [4.78, 5) is 8.49. The van der Waals surface area contributed by atoms with Gasteiger partial charge in [-0.3, -0.25) is 4.40 Å². The van der Waals surface area contributed by atoms with Crippen LogP contribution < -0.4 is 5.32 Å². The number of aromatic nitrogens is 5. The van der Waals surface area contributed by atoms with Gasteiger partial charge in [-0.2, -0.15) is 5.10 Å². The van der Waals surface area contributed by atoms with Crippen LogP contribution in [0.2, 0.25) is 0 Å². The molecule has 3 aromatic rings. The highest BCUT2D eigenvalue weighted by Gasteiger charge is 2.16. The second kappa shape index (κ2) is 5.21. The minimum Gasteiger partial charge on any atom is -0.316 e. The molecule has 4 rings (SSSR count). The lowest BCUT2D eigenvalue weighted by molar-refractivity contribution is 0.567. The van der Waals surface area contributed by atoms with Gasteiger partial charge in [0.15, 0.2) is 0 Å². The number of hydrogen-bond acceptors (Lipinski definition) is 5. The Morgan fingerprint density at radius 2 is 2.24 bits per heavy atom. The summed E-state index contributed by atoms with van der Waals surface area (Å²) in [6, 6.07) is 5.96. The van der Waals surface area contributed by atoms with Crippen LogP contribution in [0.4, 0.5) is 0 Å². The molecule has 1 aliphatic heterocycles.